The normalized spacial score (nSPS) is 21.8. The number of fused-ring (bicyclic) bond motifs is 4. The minimum atomic E-state index is -4.82. The lowest BCUT2D eigenvalue weighted by Gasteiger charge is -2.50. The van der Waals surface area contributed by atoms with Gasteiger partial charge in [-0.1, -0.05) is 12.1 Å². The van der Waals surface area contributed by atoms with Crippen LogP contribution in [0.5, 0.6) is 0 Å². The zero-order chi connectivity index (χ0) is 24.2. The summed E-state index contributed by atoms with van der Waals surface area (Å²) in [6.07, 6.45) is -2.12. The number of halogens is 4. The number of piperidine rings is 2. The predicted molar refractivity (Wildman–Crippen MR) is 121 cm³/mol. The maximum Gasteiger partial charge on any atom is 0.419 e. The molecule has 0 amide bonds. The number of hydrogen-bond acceptors (Lipinski definition) is 7. The zero-order valence-electron chi connectivity index (χ0n) is 18.8. The Morgan fingerprint density at radius 3 is 2.56 bits per heavy atom. The van der Waals surface area contributed by atoms with E-state index in [0.717, 1.165) is 43.2 Å². The molecule has 7 nitrogen and oxygen atoms in total. The van der Waals surface area contributed by atoms with E-state index in [-0.39, 0.29) is 11.4 Å². The van der Waals surface area contributed by atoms with E-state index in [4.69, 9.17) is 5.73 Å². The standard InChI is InChI=1S/C23H25F4N7/c1-12-17-9-29-19(34-11-13-6-7-14(34)10-33(13)2)8-16(17)22(32-31-12)30-21(28)15-4-3-5-18(20(15)24)23(25,26)27/h3-5,8-9,13-14,21H,6-7,10-11,28H2,1-2H3,(H,30,32)/t13-,14-,21+/m1/s1. The summed E-state index contributed by atoms with van der Waals surface area (Å²) in [6.45, 7) is 3.63. The molecule has 180 valence electrons. The fourth-order valence-corrected chi connectivity index (χ4v) is 4.98. The number of pyridine rings is 1. The Hall–Kier alpha value is -3.05. The molecule has 3 saturated heterocycles. The topological polar surface area (TPSA) is 83.2 Å². The summed E-state index contributed by atoms with van der Waals surface area (Å²) in [7, 11) is 2.14. The summed E-state index contributed by atoms with van der Waals surface area (Å²) >= 11 is 0. The van der Waals surface area contributed by atoms with E-state index >= 15 is 0 Å². The molecular formula is C23H25F4N7. The molecule has 11 heteroatoms. The Kier molecular flexibility index (Phi) is 5.56. The van der Waals surface area contributed by atoms with Gasteiger partial charge in [-0.05, 0) is 38.9 Å². The molecule has 0 radical (unpaired) electrons. The van der Waals surface area contributed by atoms with Crippen molar-refractivity contribution in [1.82, 2.24) is 20.1 Å². The number of benzene rings is 1. The Labute approximate surface area is 194 Å². The average molecular weight is 475 g/mol. The third-order valence-electron chi connectivity index (χ3n) is 6.89. The van der Waals surface area contributed by atoms with Crippen LogP contribution in [0.25, 0.3) is 10.8 Å². The first-order valence-electron chi connectivity index (χ1n) is 11.1. The number of aromatic nitrogens is 3. The van der Waals surface area contributed by atoms with Crippen LogP contribution in [0, 0.1) is 12.7 Å². The molecule has 3 aliphatic heterocycles. The quantitative estimate of drug-likeness (QED) is 0.438. The number of piperazine rings is 1. The van der Waals surface area contributed by atoms with E-state index in [1.54, 1.807) is 13.1 Å². The van der Waals surface area contributed by atoms with Crippen LogP contribution in [0.3, 0.4) is 0 Å². The smallest absolute Gasteiger partial charge is 0.351 e. The number of anilines is 2. The first kappa shape index (κ1) is 22.7. The lowest BCUT2D eigenvalue weighted by Crippen LogP contribution is -2.61. The third kappa shape index (κ3) is 3.92. The molecular weight excluding hydrogens is 450 g/mol. The minimum Gasteiger partial charge on any atom is -0.351 e. The Morgan fingerprint density at radius 2 is 1.88 bits per heavy atom. The van der Waals surface area contributed by atoms with Crippen molar-refractivity contribution in [2.45, 2.75) is 44.2 Å². The van der Waals surface area contributed by atoms with Gasteiger partial charge in [0, 0.05) is 47.7 Å². The maximum absolute atomic E-state index is 14.6. The first-order chi connectivity index (χ1) is 16.1. The van der Waals surface area contributed by atoms with Gasteiger partial charge in [0.15, 0.2) is 5.82 Å². The van der Waals surface area contributed by atoms with Crippen molar-refractivity contribution >= 4 is 22.4 Å². The van der Waals surface area contributed by atoms with Crippen molar-refractivity contribution in [2.75, 3.05) is 30.4 Å². The van der Waals surface area contributed by atoms with Crippen molar-refractivity contribution < 1.29 is 17.6 Å². The number of nitrogens with one attached hydrogen (secondary N) is 1. The van der Waals surface area contributed by atoms with Crippen molar-refractivity contribution in [1.29, 1.82) is 0 Å². The molecule has 0 unspecified atom stereocenters. The van der Waals surface area contributed by atoms with Crippen LogP contribution >= 0.6 is 0 Å². The number of likely N-dealkylation sites (N-methyl/N-ethyl adjacent to an activating group) is 1. The van der Waals surface area contributed by atoms with E-state index in [2.05, 4.69) is 37.3 Å². The van der Waals surface area contributed by atoms with Gasteiger partial charge in [-0.25, -0.2) is 9.37 Å². The largest absolute Gasteiger partial charge is 0.419 e. The highest BCUT2D eigenvalue weighted by molar-refractivity contribution is 5.94. The molecule has 3 aliphatic rings. The molecule has 3 atom stereocenters. The van der Waals surface area contributed by atoms with Gasteiger partial charge in [-0.15, -0.1) is 5.10 Å². The van der Waals surface area contributed by atoms with Crippen LogP contribution in [0.2, 0.25) is 0 Å². The molecule has 0 saturated carbocycles. The summed E-state index contributed by atoms with van der Waals surface area (Å²) in [5.74, 6) is -0.354. The first-order valence-corrected chi connectivity index (χ1v) is 11.1. The van der Waals surface area contributed by atoms with Crippen LogP contribution in [0.4, 0.5) is 29.2 Å². The van der Waals surface area contributed by atoms with Gasteiger partial charge in [-0.3, -0.25) is 4.90 Å². The van der Waals surface area contributed by atoms with Crippen molar-refractivity contribution in [3.05, 3.63) is 53.1 Å². The van der Waals surface area contributed by atoms with E-state index in [1.807, 2.05) is 6.07 Å². The van der Waals surface area contributed by atoms with Crippen molar-refractivity contribution in [2.24, 2.45) is 5.73 Å². The SMILES string of the molecule is Cc1nnc(N[C@H](N)c2cccc(C(F)(F)F)c2F)c2cc(N3C[C@H]4CC[C@@H]3CN4C)ncc12. The third-order valence-corrected chi connectivity index (χ3v) is 6.89. The molecule has 3 N–H and O–H groups in total. The number of nitrogens with two attached hydrogens (primary N) is 1. The van der Waals surface area contributed by atoms with Gasteiger partial charge < -0.3 is 16.0 Å². The molecule has 2 aromatic heterocycles. The second-order valence-corrected chi connectivity index (χ2v) is 9.03. The predicted octanol–water partition coefficient (Wildman–Crippen LogP) is 3.84. The Bertz CT molecular complexity index is 1230. The molecule has 5 heterocycles. The van der Waals surface area contributed by atoms with Crippen LogP contribution < -0.4 is 16.0 Å². The van der Waals surface area contributed by atoms with Gasteiger partial charge in [0.2, 0.25) is 0 Å². The minimum absolute atomic E-state index is 0.257. The van der Waals surface area contributed by atoms with Crippen LogP contribution in [0.1, 0.15) is 35.8 Å². The maximum atomic E-state index is 14.6. The lowest BCUT2D eigenvalue weighted by molar-refractivity contribution is -0.140. The molecule has 6 rings (SSSR count). The lowest BCUT2D eigenvalue weighted by atomic mass is 9.91. The highest BCUT2D eigenvalue weighted by Gasteiger charge is 2.38. The number of nitrogens with zero attached hydrogens (tertiary/aromatic N) is 5. The molecule has 3 fully saturated rings. The number of hydrogen-bond donors (Lipinski definition) is 2. The zero-order valence-corrected chi connectivity index (χ0v) is 18.8. The van der Waals surface area contributed by atoms with Gasteiger partial charge in [-0.2, -0.15) is 18.3 Å². The second-order valence-electron chi connectivity index (χ2n) is 9.03. The van der Waals surface area contributed by atoms with E-state index in [0.29, 0.717) is 29.2 Å². The van der Waals surface area contributed by atoms with E-state index in [1.165, 1.54) is 6.07 Å². The summed E-state index contributed by atoms with van der Waals surface area (Å²) in [5.41, 5.74) is 5.08. The van der Waals surface area contributed by atoms with Crippen LogP contribution in [0.15, 0.2) is 30.5 Å². The van der Waals surface area contributed by atoms with Crippen LogP contribution in [-0.2, 0) is 6.18 Å². The highest BCUT2D eigenvalue weighted by Crippen LogP contribution is 2.36. The van der Waals surface area contributed by atoms with Gasteiger partial charge >= 0.3 is 6.18 Å². The van der Waals surface area contributed by atoms with E-state index < -0.39 is 23.7 Å². The van der Waals surface area contributed by atoms with Crippen molar-refractivity contribution in [3.8, 4) is 0 Å². The fourth-order valence-electron chi connectivity index (χ4n) is 4.98. The van der Waals surface area contributed by atoms with Gasteiger partial charge in [0.05, 0.1) is 11.3 Å². The summed E-state index contributed by atoms with van der Waals surface area (Å²) in [5, 5.41) is 12.6. The number of aryl methyl sites for hydroxylation is 1. The summed E-state index contributed by atoms with van der Waals surface area (Å²) in [4.78, 5) is 9.33. The monoisotopic (exact) mass is 475 g/mol. The second kappa shape index (κ2) is 8.31. The fraction of sp³-hybridized carbons (Fsp3) is 0.435. The number of rotatable bonds is 4. The summed E-state index contributed by atoms with van der Waals surface area (Å²) in [6, 6.07) is 5.76. The van der Waals surface area contributed by atoms with E-state index in [9.17, 15) is 17.6 Å². The van der Waals surface area contributed by atoms with Crippen molar-refractivity contribution in [3.63, 3.8) is 0 Å². The Balaban J connectivity index is 1.50. The van der Waals surface area contributed by atoms with Gasteiger partial charge in [0.1, 0.15) is 17.8 Å². The van der Waals surface area contributed by atoms with Gasteiger partial charge in [0.25, 0.3) is 0 Å². The highest BCUT2D eigenvalue weighted by atomic mass is 19.4. The molecule has 0 aliphatic carbocycles. The number of alkyl halides is 3. The molecule has 1 aromatic carbocycles. The molecule has 3 aromatic rings. The molecule has 34 heavy (non-hydrogen) atoms. The molecule has 2 bridgehead atoms. The molecule has 0 spiro atoms. The van der Waals surface area contributed by atoms with Crippen LogP contribution in [-0.4, -0.2) is 52.3 Å². The average Bonchev–Trinajstić information content (AvgIpc) is 2.80. The Morgan fingerprint density at radius 1 is 1.12 bits per heavy atom. The summed E-state index contributed by atoms with van der Waals surface area (Å²) < 4.78 is 54.1.